The normalized spacial score (nSPS) is 9.69. The van der Waals surface area contributed by atoms with Crippen molar-refractivity contribution in [1.82, 2.24) is 4.90 Å². The monoisotopic (exact) mass is 241 g/mol. The summed E-state index contributed by atoms with van der Waals surface area (Å²) in [5.41, 5.74) is 0.371. The molecule has 4 nitrogen and oxygen atoms in total. The molecule has 1 aromatic rings. The molecule has 1 rings (SSSR count). The van der Waals surface area contributed by atoms with Gasteiger partial charge in [0.05, 0.1) is 5.56 Å². The first-order valence-corrected chi connectivity index (χ1v) is 5.01. The Morgan fingerprint density at radius 3 is 2.31 bits per heavy atom. The van der Waals surface area contributed by atoms with Crippen LogP contribution in [0, 0.1) is 0 Å². The summed E-state index contributed by atoms with van der Waals surface area (Å²) in [7, 11) is 3.19. The Morgan fingerprint density at radius 2 is 1.81 bits per heavy atom. The average molecular weight is 242 g/mol. The van der Waals surface area contributed by atoms with Crippen molar-refractivity contribution in [3.63, 3.8) is 0 Å². The van der Waals surface area contributed by atoms with Crippen molar-refractivity contribution >= 4 is 23.5 Å². The van der Waals surface area contributed by atoms with Crippen LogP contribution in [0.15, 0.2) is 24.3 Å². The van der Waals surface area contributed by atoms with E-state index in [4.69, 9.17) is 16.3 Å². The molecule has 0 aliphatic carbocycles. The molecule has 0 saturated heterocycles. The van der Waals surface area contributed by atoms with E-state index in [0.717, 1.165) is 0 Å². The van der Waals surface area contributed by atoms with Gasteiger partial charge in [0, 0.05) is 19.1 Å². The molecule has 0 spiro atoms. The van der Waals surface area contributed by atoms with Gasteiger partial charge < -0.3 is 9.64 Å². The zero-order valence-electron chi connectivity index (χ0n) is 9.07. The summed E-state index contributed by atoms with van der Waals surface area (Å²) in [6, 6.07) is 6.27. The quantitative estimate of drug-likeness (QED) is 0.755. The average Bonchev–Trinajstić information content (AvgIpc) is 2.26. The third-order valence-electron chi connectivity index (χ3n) is 1.91. The van der Waals surface area contributed by atoms with E-state index in [1.54, 1.807) is 38.4 Å². The van der Waals surface area contributed by atoms with E-state index < -0.39 is 5.97 Å². The second-order valence-corrected chi connectivity index (χ2v) is 3.81. The van der Waals surface area contributed by atoms with Crippen LogP contribution >= 0.6 is 11.6 Å². The third-order valence-corrected chi connectivity index (χ3v) is 2.16. The van der Waals surface area contributed by atoms with Crippen molar-refractivity contribution in [3.05, 3.63) is 34.9 Å². The summed E-state index contributed by atoms with van der Waals surface area (Å²) >= 11 is 5.67. The number of hydrogen-bond acceptors (Lipinski definition) is 3. The number of rotatable bonds is 3. The Labute approximate surface area is 98.8 Å². The topological polar surface area (TPSA) is 46.6 Å². The first-order valence-electron chi connectivity index (χ1n) is 4.63. The number of carbonyl (C=O) groups excluding carboxylic acids is 2. The van der Waals surface area contributed by atoms with Crippen LogP contribution in [-0.4, -0.2) is 37.5 Å². The van der Waals surface area contributed by atoms with E-state index >= 15 is 0 Å². The van der Waals surface area contributed by atoms with Gasteiger partial charge in [-0.2, -0.15) is 0 Å². The third kappa shape index (κ3) is 3.55. The highest BCUT2D eigenvalue weighted by Gasteiger charge is 2.10. The van der Waals surface area contributed by atoms with E-state index in [-0.39, 0.29) is 12.5 Å². The number of esters is 1. The molecule has 0 N–H and O–H groups in total. The molecule has 1 amide bonds. The zero-order valence-corrected chi connectivity index (χ0v) is 9.82. The predicted octanol–water partition coefficient (Wildman–Crippen LogP) is 1.58. The van der Waals surface area contributed by atoms with Crippen molar-refractivity contribution in [2.24, 2.45) is 0 Å². The summed E-state index contributed by atoms with van der Waals surface area (Å²) in [5, 5.41) is 0.543. The van der Waals surface area contributed by atoms with Gasteiger partial charge in [-0.1, -0.05) is 11.6 Å². The molecule has 0 unspecified atom stereocenters. The zero-order chi connectivity index (χ0) is 12.1. The van der Waals surface area contributed by atoms with Gasteiger partial charge in [-0.05, 0) is 24.3 Å². The maximum Gasteiger partial charge on any atom is 0.338 e. The molecule has 0 fully saturated rings. The molecule has 0 saturated carbocycles. The highest BCUT2D eigenvalue weighted by molar-refractivity contribution is 6.30. The second kappa shape index (κ2) is 5.51. The second-order valence-electron chi connectivity index (χ2n) is 3.37. The Hall–Kier alpha value is -1.55. The minimum atomic E-state index is -0.535. The van der Waals surface area contributed by atoms with Crippen LogP contribution in [0.25, 0.3) is 0 Å². The van der Waals surface area contributed by atoms with Crippen LogP contribution in [0.2, 0.25) is 5.02 Å². The molecule has 0 bridgehead atoms. The van der Waals surface area contributed by atoms with Crippen molar-refractivity contribution in [3.8, 4) is 0 Å². The van der Waals surface area contributed by atoms with E-state index in [0.29, 0.717) is 10.6 Å². The highest BCUT2D eigenvalue weighted by atomic mass is 35.5. The smallest absolute Gasteiger partial charge is 0.338 e. The van der Waals surface area contributed by atoms with Gasteiger partial charge in [0.15, 0.2) is 6.61 Å². The first kappa shape index (κ1) is 12.5. The van der Waals surface area contributed by atoms with E-state index in [1.807, 2.05) is 0 Å². The molecule has 86 valence electrons. The molecule has 1 aromatic carbocycles. The lowest BCUT2D eigenvalue weighted by molar-refractivity contribution is -0.131. The maximum absolute atomic E-state index is 11.4. The Kier molecular flexibility index (Phi) is 4.31. The summed E-state index contributed by atoms with van der Waals surface area (Å²) in [4.78, 5) is 24.0. The number of ether oxygens (including phenoxy) is 1. The van der Waals surface area contributed by atoms with E-state index in [1.165, 1.54) is 4.90 Å². The van der Waals surface area contributed by atoms with Crippen molar-refractivity contribution in [2.45, 2.75) is 0 Å². The number of benzene rings is 1. The minimum absolute atomic E-state index is 0.255. The van der Waals surface area contributed by atoms with Gasteiger partial charge in [0.2, 0.25) is 0 Å². The van der Waals surface area contributed by atoms with Crippen LogP contribution < -0.4 is 0 Å². The van der Waals surface area contributed by atoms with Crippen molar-refractivity contribution in [1.29, 1.82) is 0 Å². The van der Waals surface area contributed by atoms with Crippen LogP contribution in [0.4, 0.5) is 0 Å². The van der Waals surface area contributed by atoms with Crippen molar-refractivity contribution < 1.29 is 14.3 Å². The SMILES string of the molecule is CN(C)C(=O)COC(=O)c1ccc(Cl)cc1. The lowest BCUT2D eigenvalue weighted by Gasteiger charge is -2.10. The number of amides is 1. The van der Waals surface area contributed by atoms with Crippen LogP contribution in [-0.2, 0) is 9.53 Å². The summed E-state index contributed by atoms with van der Waals surface area (Å²) in [6.45, 7) is -0.255. The van der Waals surface area contributed by atoms with E-state index in [2.05, 4.69) is 0 Å². The largest absolute Gasteiger partial charge is 0.452 e. The lowest BCUT2D eigenvalue weighted by atomic mass is 10.2. The van der Waals surface area contributed by atoms with Crippen LogP contribution in [0.5, 0.6) is 0 Å². The summed E-state index contributed by atoms with van der Waals surface area (Å²) in [5.74, 6) is -0.797. The molecule has 5 heteroatoms. The Morgan fingerprint density at radius 1 is 1.25 bits per heavy atom. The van der Waals surface area contributed by atoms with Gasteiger partial charge in [-0.15, -0.1) is 0 Å². The predicted molar refractivity (Wildman–Crippen MR) is 60.4 cm³/mol. The molecule has 0 aromatic heterocycles. The fourth-order valence-corrected chi connectivity index (χ4v) is 1.05. The number of carbonyl (C=O) groups is 2. The molecular formula is C11H12ClNO3. The number of nitrogens with zero attached hydrogens (tertiary/aromatic N) is 1. The first-order chi connectivity index (χ1) is 7.50. The fraction of sp³-hybridized carbons (Fsp3) is 0.273. The number of hydrogen-bond donors (Lipinski definition) is 0. The molecule has 16 heavy (non-hydrogen) atoms. The summed E-state index contributed by atoms with van der Waals surface area (Å²) < 4.78 is 4.82. The highest BCUT2D eigenvalue weighted by Crippen LogP contribution is 2.10. The van der Waals surface area contributed by atoms with Crippen molar-refractivity contribution in [2.75, 3.05) is 20.7 Å². The number of likely N-dealkylation sites (N-methyl/N-ethyl adjacent to an activating group) is 1. The molecule has 0 heterocycles. The summed E-state index contributed by atoms with van der Waals surface area (Å²) in [6.07, 6.45) is 0. The van der Waals surface area contributed by atoms with Gasteiger partial charge in [0.25, 0.3) is 5.91 Å². The lowest BCUT2D eigenvalue weighted by Crippen LogP contribution is -2.27. The minimum Gasteiger partial charge on any atom is -0.452 e. The van der Waals surface area contributed by atoms with E-state index in [9.17, 15) is 9.59 Å². The molecule has 0 radical (unpaired) electrons. The molecular weight excluding hydrogens is 230 g/mol. The Bertz CT molecular complexity index is 387. The van der Waals surface area contributed by atoms with Crippen LogP contribution in [0.3, 0.4) is 0 Å². The van der Waals surface area contributed by atoms with Gasteiger partial charge in [-0.3, -0.25) is 4.79 Å². The van der Waals surface area contributed by atoms with Gasteiger partial charge in [-0.25, -0.2) is 4.79 Å². The standard InChI is InChI=1S/C11H12ClNO3/c1-13(2)10(14)7-16-11(15)8-3-5-9(12)6-4-8/h3-6H,7H2,1-2H3. The fourth-order valence-electron chi connectivity index (χ4n) is 0.926. The molecule has 0 aliphatic rings. The number of halogens is 1. The van der Waals surface area contributed by atoms with Gasteiger partial charge in [0.1, 0.15) is 0 Å². The molecule has 0 aliphatic heterocycles. The van der Waals surface area contributed by atoms with Gasteiger partial charge >= 0.3 is 5.97 Å². The molecule has 0 atom stereocenters. The maximum atomic E-state index is 11.4. The van der Waals surface area contributed by atoms with Crippen LogP contribution in [0.1, 0.15) is 10.4 Å². The Balaban J connectivity index is 2.53.